The van der Waals surface area contributed by atoms with Crippen molar-refractivity contribution >= 4 is 17.9 Å². The van der Waals surface area contributed by atoms with Gasteiger partial charge in [-0.3, -0.25) is 0 Å². The summed E-state index contributed by atoms with van der Waals surface area (Å²) in [6.45, 7) is 7.92. The fourth-order valence-corrected chi connectivity index (χ4v) is 3.50. The Morgan fingerprint density at radius 2 is 2.03 bits per heavy atom. The van der Waals surface area contributed by atoms with Crippen LogP contribution in [0, 0.1) is 0 Å². The second kappa shape index (κ2) is 11.9. The zero-order valence-corrected chi connectivity index (χ0v) is 19.6. The number of esters is 1. The van der Waals surface area contributed by atoms with Crippen molar-refractivity contribution in [2.24, 2.45) is 0 Å². The highest BCUT2D eigenvalue weighted by molar-refractivity contribution is 5.81. The van der Waals surface area contributed by atoms with Crippen molar-refractivity contribution in [3.63, 3.8) is 0 Å². The average Bonchev–Trinajstić information content (AvgIpc) is 2.72. The molecule has 0 aliphatic carbocycles. The molecule has 1 amide bonds. The zero-order valence-electron chi connectivity index (χ0n) is 19.6. The first kappa shape index (κ1) is 24.9. The maximum atomic E-state index is 12.0. The number of anilines is 1. The second-order valence-electron chi connectivity index (χ2n) is 9.11. The predicted molar refractivity (Wildman–Crippen MR) is 121 cm³/mol. The van der Waals surface area contributed by atoms with Crippen molar-refractivity contribution in [3.8, 4) is 0 Å². The highest BCUT2D eigenvalue weighted by atomic mass is 16.6. The molecule has 0 saturated heterocycles. The Kier molecular flexibility index (Phi) is 9.55. The quantitative estimate of drug-likeness (QED) is 0.432. The topological polar surface area (TPSA) is 92.8 Å². The minimum absolute atomic E-state index is 0.459. The Balaban J connectivity index is 1.70. The van der Waals surface area contributed by atoms with Gasteiger partial charge in [0, 0.05) is 18.8 Å². The molecular formula is C23H38N4O4. The van der Waals surface area contributed by atoms with E-state index in [1.165, 1.54) is 19.1 Å². The van der Waals surface area contributed by atoms with E-state index in [1.807, 2.05) is 7.05 Å². The van der Waals surface area contributed by atoms with Crippen molar-refractivity contribution in [2.75, 3.05) is 39.1 Å². The number of carbonyl (C=O) groups is 2. The van der Waals surface area contributed by atoms with Crippen molar-refractivity contribution < 1.29 is 19.1 Å². The van der Waals surface area contributed by atoms with Gasteiger partial charge in [0.15, 0.2) is 0 Å². The fourth-order valence-electron chi connectivity index (χ4n) is 3.50. The van der Waals surface area contributed by atoms with Gasteiger partial charge >= 0.3 is 12.1 Å². The molecule has 31 heavy (non-hydrogen) atoms. The lowest BCUT2D eigenvalue weighted by molar-refractivity contribution is -0.143. The molecule has 0 bridgehead atoms. The van der Waals surface area contributed by atoms with Gasteiger partial charge in [-0.25, -0.2) is 14.6 Å². The third kappa shape index (κ3) is 9.12. The van der Waals surface area contributed by atoms with Crippen LogP contribution < -0.4 is 10.6 Å². The largest absolute Gasteiger partial charge is 0.467 e. The van der Waals surface area contributed by atoms with Gasteiger partial charge in [-0.2, -0.15) is 0 Å². The first-order chi connectivity index (χ1) is 14.7. The number of aryl methyl sites for hydroxylation is 2. The Morgan fingerprint density at radius 3 is 2.74 bits per heavy atom. The van der Waals surface area contributed by atoms with Crippen molar-refractivity contribution in [1.82, 2.24) is 15.2 Å². The summed E-state index contributed by atoms with van der Waals surface area (Å²) >= 11 is 0. The molecule has 0 radical (unpaired) electrons. The van der Waals surface area contributed by atoms with Crippen LogP contribution in [-0.4, -0.2) is 67.4 Å². The van der Waals surface area contributed by atoms with Crippen LogP contribution in [0.25, 0.3) is 0 Å². The second-order valence-corrected chi connectivity index (χ2v) is 9.11. The number of hydrogen-bond donors (Lipinski definition) is 2. The smallest absolute Gasteiger partial charge is 0.408 e. The fraction of sp³-hybridized carbons (Fsp3) is 0.696. The molecule has 1 aliphatic rings. The third-order valence-electron chi connectivity index (χ3n) is 5.15. The van der Waals surface area contributed by atoms with Gasteiger partial charge < -0.3 is 25.0 Å². The summed E-state index contributed by atoms with van der Waals surface area (Å²) in [6, 6.07) is 3.61. The summed E-state index contributed by atoms with van der Waals surface area (Å²) in [6.07, 6.45) is 5.16. The maximum Gasteiger partial charge on any atom is 0.408 e. The van der Waals surface area contributed by atoms with Gasteiger partial charge in [0.1, 0.15) is 17.5 Å². The minimum atomic E-state index is -0.727. The van der Waals surface area contributed by atoms with E-state index < -0.39 is 23.7 Å². The van der Waals surface area contributed by atoms with E-state index in [4.69, 9.17) is 14.5 Å². The molecule has 1 unspecified atom stereocenters. The van der Waals surface area contributed by atoms with E-state index in [0.29, 0.717) is 13.0 Å². The summed E-state index contributed by atoms with van der Waals surface area (Å²) in [5.41, 5.74) is 1.82. The number of amides is 1. The van der Waals surface area contributed by atoms with E-state index in [-0.39, 0.29) is 0 Å². The number of unbranched alkanes of at least 4 members (excludes halogenated alkanes) is 1. The van der Waals surface area contributed by atoms with E-state index >= 15 is 0 Å². The van der Waals surface area contributed by atoms with Crippen LogP contribution in [0.4, 0.5) is 10.6 Å². The third-order valence-corrected chi connectivity index (χ3v) is 5.15. The summed E-state index contributed by atoms with van der Waals surface area (Å²) in [7, 11) is 3.34. The standard InChI is InChI=1S/C23H38N4O4/c1-23(2,3)31-22(29)26-19(21(28)30-5)13-16-27(4)15-7-6-10-18-12-11-17-9-8-14-24-20(17)25-18/h11-12,19H,6-10,13-16H2,1-5H3,(H,24,25)(H,26,29). The molecule has 8 nitrogen and oxygen atoms in total. The van der Waals surface area contributed by atoms with Crippen molar-refractivity contribution in [2.45, 2.75) is 70.9 Å². The molecule has 0 aromatic carbocycles. The lowest BCUT2D eigenvalue weighted by Crippen LogP contribution is -2.45. The highest BCUT2D eigenvalue weighted by Crippen LogP contribution is 2.20. The number of pyridine rings is 1. The number of rotatable bonds is 10. The van der Waals surface area contributed by atoms with E-state index in [2.05, 4.69) is 27.7 Å². The highest BCUT2D eigenvalue weighted by Gasteiger charge is 2.25. The molecule has 1 aliphatic heterocycles. The number of nitrogens with one attached hydrogen (secondary N) is 2. The number of aromatic nitrogens is 1. The maximum absolute atomic E-state index is 12.0. The number of methoxy groups -OCH3 is 1. The summed E-state index contributed by atoms with van der Waals surface area (Å²) < 4.78 is 10.1. The van der Waals surface area contributed by atoms with Crippen molar-refractivity contribution in [1.29, 1.82) is 0 Å². The monoisotopic (exact) mass is 434 g/mol. The summed E-state index contributed by atoms with van der Waals surface area (Å²) in [5, 5.41) is 6.00. The van der Waals surface area contributed by atoms with E-state index in [1.54, 1.807) is 20.8 Å². The van der Waals surface area contributed by atoms with Gasteiger partial charge in [0.25, 0.3) is 0 Å². The minimum Gasteiger partial charge on any atom is -0.467 e. The molecule has 0 spiro atoms. The number of nitrogens with zero attached hydrogens (tertiary/aromatic N) is 2. The number of carbonyl (C=O) groups excluding carboxylic acids is 2. The number of fused-ring (bicyclic) bond motifs is 1. The number of alkyl carbamates (subject to hydrolysis) is 1. The summed E-state index contributed by atoms with van der Waals surface area (Å²) in [4.78, 5) is 30.9. The average molecular weight is 435 g/mol. The first-order valence-electron chi connectivity index (χ1n) is 11.2. The molecule has 1 aromatic heterocycles. The van der Waals surface area contributed by atoms with E-state index in [9.17, 15) is 9.59 Å². The normalized spacial score (nSPS) is 14.4. The molecule has 2 N–H and O–H groups in total. The molecule has 0 saturated carbocycles. The molecule has 0 fully saturated rings. The molecular weight excluding hydrogens is 396 g/mol. The van der Waals surface area contributed by atoms with Crippen molar-refractivity contribution in [3.05, 3.63) is 23.4 Å². The van der Waals surface area contributed by atoms with E-state index in [0.717, 1.165) is 50.3 Å². The lowest BCUT2D eigenvalue weighted by atomic mass is 10.1. The van der Waals surface area contributed by atoms with Crippen LogP contribution >= 0.6 is 0 Å². The van der Waals surface area contributed by atoms with Crippen LogP contribution in [0.5, 0.6) is 0 Å². The summed E-state index contributed by atoms with van der Waals surface area (Å²) in [5.74, 6) is 0.582. The van der Waals surface area contributed by atoms with Crippen LogP contribution in [-0.2, 0) is 27.1 Å². The molecule has 2 heterocycles. The zero-order chi connectivity index (χ0) is 22.9. The first-order valence-corrected chi connectivity index (χ1v) is 11.2. The van der Waals surface area contributed by atoms with Gasteiger partial charge in [0.05, 0.1) is 7.11 Å². The number of ether oxygens (including phenoxy) is 2. The molecule has 1 atom stereocenters. The van der Waals surface area contributed by atoms with Crippen LogP contribution in [0.1, 0.15) is 57.7 Å². The molecule has 8 heteroatoms. The Hall–Kier alpha value is -2.35. The SMILES string of the molecule is COC(=O)C(CCN(C)CCCCc1ccc2c(n1)NCCC2)NC(=O)OC(C)(C)C. The molecule has 174 valence electrons. The van der Waals surface area contributed by atoms with Crippen LogP contribution in [0.15, 0.2) is 12.1 Å². The number of hydrogen-bond acceptors (Lipinski definition) is 7. The Labute approximate surface area is 186 Å². The van der Waals surface area contributed by atoms with Gasteiger partial charge in [0.2, 0.25) is 0 Å². The van der Waals surface area contributed by atoms with Crippen LogP contribution in [0.2, 0.25) is 0 Å². The Bertz CT molecular complexity index is 733. The molecule has 2 rings (SSSR count). The van der Waals surface area contributed by atoms with Gasteiger partial charge in [-0.05, 0) is 84.5 Å². The Morgan fingerprint density at radius 1 is 1.26 bits per heavy atom. The lowest BCUT2D eigenvalue weighted by Gasteiger charge is -2.24. The van der Waals surface area contributed by atoms with Gasteiger partial charge in [-0.15, -0.1) is 0 Å². The molecule has 1 aromatic rings. The predicted octanol–water partition coefficient (Wildman–Crippen LogP) is 3.15. The van der Waals surface area contributed by atoms with Gasteiger partial charge in [-0.1, -0.05) is 6.07 Å². The van der Waals surface area contributed by atoms with Crippen LogP contribution in [0.3, 0.4) is 0 Å².